The van der Waals surface area contributed by atoms with Crippen LogP contribution in [0.2, 0.25) is 0 Å². The Kier molecular flexibility index (Phi) is 5.85. The molecule has 0 aromatic heterocycles. The number of carbonyl (C=O) groups is 2. The summed E-state index contributed by atoms with van der Waals surface area (Å²) in [6.45, 7) is 7.23. The van der Waals surface area contributed by atoms with Crippen LogP contribution < -0.4 is 0 Å². The summed E-state index contributed by atoms with van der Waals surface area (Å²) in [5.74, 6) is -0.143. The second-order valence-electron chi connectivity index (χ2n) is 6.21. The zero-order valence-electron chi connectivity index (χ0n) is 13.0. The van der Waals surface area contributed by atoms with Crippen LogP contribution in [0.5, 0.6) is 0 Å². The standard InChI is InChI=1S/C15H27N3O3/c1-13-12-18(15(20)21)11-10-17(14(13)19)9-5-8-16-6-3-2-4-7-16/h13H,2-12H2,1H3,(H,20,21). The zero-order chi connectivity index (χ0) is 15.2. The fourth-order valence-electron chi connectivity index (χ4n) is 3.23. The topological polar surface area (TPSA) is 64.1 Å². The Bertz CT molecular complexity index is 369. The summed E-state index contributed by atoms with van der Waals surface area (Å²) in [4.78, 5) is 29.0. The molecule has 120 valence electrons. The van der Waals surface area contributed by atoms with E-state index in [1.54, 1.807) is 0 Å². The molecule has 2 heterocycles. The van der Waals surface area contributed by atoms with Gasteiger partial charge < -0.3 is 19.8 Å². The predicted octanol–water partition coefficient (Wildman–Crippen LogP) is 1.32. The molecule has 21 heavy (non-hydrogen) atoms. The summed E-state index contributed by atoms with van der Waals surface area (Å²) in [7, 11) is 0. The van der Waals surface area contributed by atoms with Crippen LogP contribution in [0.1, 0.15) is 32.6 Å². The van der Waals surface area contributed by atoms with Gasteiger partial charge in [0.15, 0.2) is 0 Å². The molecule has 0 spiro atoms. The van der Waals surface area contributed by atoms with Crippen molar-refractivity contribution in [3.63, 3.8) is 0 Å². The Morgan fingerprint density at radius 2 is 1.86 bits per heavy atom. The number of carboxylic acid groups (broad SMARTS) is 1. The van der Waals surface area contributed by atoms with Gasteiger partial charge >= 0.3 is 6.09 Å². The summed E-state index contributed by atoms with van der Waals surface area (Å²) in [5.41, 5.74) is 0. The molecule has 1 unspecified atom stereocenters. The molecule has 6 heteroatoms. The average Bonchev–Trinajstić information content (AvgIpc) is 2.62. The van der Waals surface area contributed by atoms with Crippen molar-refractivity contribution >= 4 is 12.0 Å². The normalized spacial score (nSPS) is 25.0. The van der Waals surface area contributed by atoms with Gasteiger partial charge in [0.05, 0.1) is 5.92 Å². The molecule has 2 saturated heterocycles. The minimum Gasteiger partial charge on any atom is -0.465 e. The van der Waals surface area contributed by atoms with Gasteiger partial charge in [0.1, 0.15) is 0 Å². The molecular weight excluding hydrogens is 270 g/mol. The third-order valence-electron chi connectivity index (χ3n) is 4.49. The molecule has 2 amide bonds. The quantitative estimate of drug-likeness (QED) is 0.850. The van der Waals surface area contributed by atoms with Crippen LogP contribution in [-0.4, -0.2) is 77.6 Å². The number of carbonyl (C=O) groups excluding carboxylic acids is 1. The highest BCUT2D eigenvalue weighted by molar-refractivity contribution is 5.80. The van der Waals surface area contributed by atoms with Crippen molar-refractivity contribution in [1.29, 1.82) is 0 Å². The van der Waals surface area contributed by atoms with Crippen molar-refractivity contribution in [2.75, 3.05) is 45.8 Å². The number of nitrogens with zero attached hydrogens (tertiary/aromatic N) is 3. The first-order valence-corrected chi connectivity index (χ1v) is 8.07. The number of rotatable bonds is 4. The van der Waals surface area contributed by atoms with Crippen LogP contribution >= 0.6 is 0 Å². The van der Waals surface area contributed by atoms with E-state index in [9.17, 15) is 9.59 Å². The minimum atomic E-state index is -0.926. The first-order chi connectivity index (χ1) is 10.1. The summed E-state index contributed by atoms with van der Waals surface area (Å²) < 4.78 is 0. The van der Waals surface area contributed by atoms with E-state index < -0.39 is 6.09 Å². The maximum atomic E-state index is 12.3. The highest BCUT2D eigenvalue weighted by atomic mass is 16.4. The predicted molar refractivity (Wildman–Crippen MR) is 80.2 cm³/mol. The van der Waals surface area contributed by atoms with Gasteiger partial charge in [-0.2, -0.15) is 0 Å². The van der Waals surface area contributed by atoms with Crippen LogP contribution in [0.25, 0.3) is 0 Å². The molecule has 1 N–H and O–H groups in total. The van der Waals surface area contributed by atoms with Crippen LogP contribution in [0, 0.1) is 5.92 Å². The lowest BCUT2D eigenvalue weighted by atomic mass is 10.1. The fourth-order valence-corrected chi connectivity index (χ4v) is 3.23. The number of hydrogen-bond acceptors (Lipinski definition) is 3. The van der Waals surface area contributed by atoms with Gasteiger partial charge in [-0.15, -0.1) is 0 Å². The Labute approximate surface area is 126 Å². The van der Waals surface area contributed by atoms with Crippen molar-refractivity contribution in [1.82, 2.24) is 14.7 Å². The van der Waals surface area contributed by atoms with Crippen molar-refractivity contribution in [2.24, 2.45) is 5.92 Å². The lowest BCUT2D eigenvalue weighted by Crippen LogP contribution is -2.38. The van der Waals surface area contributed by atoms with E-state index in [0.717, 1.165) is 19.5 Å². The van der Waals surface area contributed by atoms with Crippen LogP contribution in [0.15, 0.2) is 0 Å². The number of hydrogen-bond donors (Lipinski definition) is 1. The monoisotopic (exact) mass is 297 g/mol. The Morgan fingerprint density at radius 1 is 1.14 bits per heavy atom. The highest BCUT2D eigenvalue weighted by Crippen LogP contribution is 2.13. The van der Waals surface area contributed by atoms with E-state index in [-0.39, 0.29) is 11.8 Å². The van der Waals surface area contributed by atoms with Crippen LogP contribution in [0.3, 0.4) is 0 Å². The molecular formula is C15H27N3O3. The lowest BCUT2D eigenvalue weighted by Gasteiger charge is -2.28. The first kappa shape index (κ1) is 16.1. The summed E-state index contributed by atoms with van der Waals surface area (Å²) in [5, 5.41) is 9.09. The van der Waals surface area contributed by atoms with Gasteiger partial charge in [0.25, 0.3) is 0 Å². The minimum absolute atomic E-state index is 0.0948. The second-order valence-corrected chi connectivity index (χ2v) is 6.21. The molecule has 0 aromatic carbocycles. The summed E-state index contributed by atoms with van der Waals surface area (Å²) >= 11 is 0. The van der Waals surface area contributed by atoms with E-state index in [1.807, 2.05) is 11.8 Å². The molecule has 2 fully saturated rings. The number of amides is 2. The molecule has 6 nitrogen and oxygen atoms in total. The van der Waals surface area contributed by atoms with Gasteiger partial charge in [0, 0.05) is 26.2 Å². The van der Waals surface area contributed by atoms with Crippen LogP contribution in [-0.2, 0) is 4.79 Å². The van der Waals surface area contributed by atoms with Gasteiger partial charge in [-0.05, 0) is 38.9 Å². The highest BCUT2D eigenvalue weighted by Gasteiger charge is 2.28. The molecule has 0 bridgehead atoms. The average molecular weight is 297 g/mol. The van der Waals surface area contributed by atoms with Crippen molar-refractivity contribution in [3.8, 4) is 0 Å². The fraction of sp³-hybridized carbons (Fsp3) is 0.867. The molecule has 2 aliphatic heterocycles. The molecule has 2 aliphatic rings. The van der Waals surface area contributed by atoms with Crippen molar-refractivity contribution in [2.45, 2.75) is 32.6 Å². The SMILES string of the molecule is CC1CN(C(=O)O)CCN(CCCN2CCCCC2)C1=O. The smallest absolute Gasteiger partial charge is 0.407 e. The number of likely N-dealkylation sites (tertiary alicyclic amines) is 1. The van der Waals surface area contributed by atoms with Crippen molar-refractivity contribution in [3.05, 3.63) is 0 Å². The maximum absolute atomic E-state index is 12.3. The number of piperidine rings is 1. The molecule has 0 saturated carbocycles. The molecule has 0 radical (unpaired) electrons. The van der Waals surface area contributed by atoms with Gasteiger partial charge in [-0.3, -0.25) is 4.79 Å². The third-order valence-corrected chi connectivity index (χ3v) is 4.49. The molecule has 0 aliphatic carbocycles. The Morgan fingerprint density at radius 3 is 2.52 bits per heavy atom. The van der Waals surface area contributed by atoms with Gasteiger partial charge in [-0.25, -0.2) is 4.79 Å². The Balaban J connectivity index is 1.78. The van der Waals surface area contributed by atoms with Gasteiger partial charge in [0.2, 0.25) is 5.91 Å². The van der Waals surface area contributed by atoms with E-state index in [1.165, 1.54) is 37.3 Å². The molecule has 1 atom stereocenters. The van der Waals surface area contributed by atoms with E-state index in [2.05, 4.69) is 4.90 Å². The first-order valence-electron chi connectivity index (χ1n) is 8.07. The third kappa shape index (κ3) is 4.59. The van der Waals surface area contributed by atoms with E-state index in [0.29, 0.717) is 19.6 Å². The van der Waals surface area contributed by atoms with E-state index in [4.69, 9.17) is 5.11 Å². The van der Waals surface area contributed by atoms with Gasteiger partial charge in [-0.1, -0.05) is 13.3 Å². The summed E-state index contributed by atoms with van der Waals surface area (Å²) in [6, 6.07) is 0. The largest absolute Gasteiger partial charge is 0.465 e. The Hall–Kier alpha value is -1.30. The maximum Gasteiger partial charge on any atom is 0.407 e. The van der Waals surface area contributed by atoms with Crippen molar-refractivity contribution < 1.29 is 14.7 Å². The zero-order valence-corrected chi connectivity index (χ0v) is 13.0. The van der Waals surface area contributed by atoms with Crippen LogP contribution in [0.4, 0.5) is 4.79 Å². The summed E-state index contributed by atoms with van der Waals surface area (Å²) in [6.07, 6.45) is 3.96. The second kappa shape index (κ2) is 7.64. The molecule has 2 rings (SSSR count). The van der Waals surface area contributed by atoms with E-state index >= 15 is 0 Å². The molecule has 0 aromatic rings. The lowest BCUT2D eigenvalue weighted by molar-refractivity contribution is -0.134.